The van der Waals surface area contributed by atoms with Crippen molar-refractivity contribution in [2.24, 2.45) is 5.92 Å². The van der Waals surface area contributed by atoms with E-state index in [1.54, 1.807) is 29.2 Å². The fourth-order valence-corrected chi connectivity index (χ4v) is 4.10. The Morgan fingerprint density at radius 1 is 1.06 bits per heavy atom. The number of aryl methyl sites for hydroxylation is 1. The smallest absolute Gasteiger partial charge is 0.262 e. The molecule has 0 radical (unpaired) electrons. The van der Waals surface area contributed by atoms with Gasteiger partial charge in [0.1, 0.15) is 5.75 Å². The molecule has 4 rings (SSSR count). The van der Waals surface area contributed by atoms with Crippen LogP contribution in [-0.4, -0.2) is 30.9 Å². The monoisotopic (exact) mass is 535 g/mol. The van der Waals surface area contributed by atoms with E-state index in [0.29, 0.717) is 30.2 Å². The van der Waals surface area contributed by atoms with Gasteiger partial charge in [-0.15, -0.1) is 0 Å². The number of carbonyl (C=O) groups excluding carboxylic acids is 3. The van der Waals surface area contributed by atoms with Crippen molar-refractivity contribution in [3.63, 3.8) is 0 Å². The molecular formula is C27H26BrN3O4. The van der Waals surface area contributed by atoms with Crippen molar-refractivity contribution >= 4 is 45.0 Å². The summed E-state index contributed by atoms with van der Waals surface area (Å²) in [5, 5.41) is 5.72. The van der Waals surface area contributed by atoms with Crippen molar-refractivity contribution in [3.05, 3.63) is 88.4 Å². The van der Waals surface area contributed by atoms with Gasteiger partial charge < -0.3 is 20.3 Å². The summed E-state index contributed by atoms with van der Waals surface area (Å²) in [6, 6.07) is 22.2. The van der Waals surface area contributed by atoms with Crippen LogP contribution in [0.1, 0.15) is 17.5 Å². The molecule has 3 aromatic rings. The van der Waals surface area contributed by atoms with E-state index in [9.17, 15) is 14.4 Å². The number of anilines is 2. The molecule has 1 atom stereocenters. The third-order valence-electron chi connectivity index (χ3n) is 5.77. The molecule has 3 amide bonds. The molecule has 0 unspecified atom stereocenters. The average Bonchev–Trinajstić information content (AvgIpc) is 3.26. The number of halogens is 1. The SMILES string of the molecule is Cc1cc(NC(=O)COc2ccc(N3C[C@@H](C(=O)NCc4ccccc4)CC3=O)cc2)ccc1Br. The molecule has 8 heteroatoms. The van der Waals surface area contributed by atoms with Gasteiger partial charge in [0.2, 0.25) is 11.8 Å². The van der Waals surface area contributed by atoms with Crippen LogP contribution in [0.5, 0.6) is 5.75 Å². The Hall–Kier alpha value is -3.65. The maximum atomic E-state index is 12.6. The molecule has 1 heterocycles. The Bertz CT molecular complexity index is 1210. The quantitative estimate of drug-likeness (QED) is 0.446. The zero-order valence-electron chi connectivity index (χ0n) is 19.3. The van der Waals surface area contributed by atoms with Crippen LogP contribution in [-0.2, 0) is 20.9 Å². The molecule has 2 N–H and O–H groups in total. The number of carbonyl (C=O) groups is 3. The molecule has 3 aromatic carbocycles. The Kier molecular flexibility index (Phi) is 7.82. The van der Waals surface area contributed by atoms with E-state index in [0.717, 1.165) is 15.6 Å². The predicted molar refractivity (Wildman–Crippen MR) is 138 cm³/mol. The lowest BCUT2D eigenvalue weighted by atomic mass is 10.1. The van der Waals surface area contributed by atoms with Crippen LogP contribution in [0.2, 0.25) is 0 Å². The summed E-state index contributed by atoms with van der Waals surface area (Å²) in [5.74, 6) is -0.373. The zero-order valence-corrected chi connectivity index (χ0v) is 20.9. The number of nitrogens with one attached hydrogen (secondary N) is 2. The Labute approximate surface area is 212 Å². The van der Waals surface area contributed by atoms with Crippen molar-refractivity contribution in [3.8, 4) is 5.75 Å². The van der Waals surface area contributed by atoms with E-state index in [1.165, 1.54) is 0 Å². The molecule has 35 heavy (non-hydrogen) atoms. The van der Waals surface area contributed by atoms with E-state index in [4.69, 9.17) is 4.74 Å². The van der Waals surface area contributed by atoms with Gasteiger partial charge in [-0.25, -0.2) is 0 Å². The largest absolute Gasteiger partial charge is 0.484 e. The van der Waals surface area contributed by atoms with Gasteiger partial charge in [-0.3, -0.25) is 14.4 Å². The predicted octanol–water partition coefficient (Wildman–Crippen LogP) is 4.44. The van der Waals surface area contributed by atoms with Crippen molar-refractivity contribution in [2.75, 3.05) is 23.4 Å². The van der Waals surface area contributed by atoms with Gasteiger partial charge in [0, 0.05) is 35.4 Å². The van der Waals surface area contributed by atoms with Gasteiger partial charge in [-0.05, 0) is 60.5 Å². The van der Waals surface area contributed by atoms with Crippen molar-refractivity contribution < 1.29 is 19.1 Å². The molecule has 0 bridgehead atoms. The lowest BCUT2D eigenvalue weighted by molar-refractivity contribution is -0.126. The number of rotatable bonds is 8. The number of hydrogen-bond donors (Lipinski definition) is 2. The Morgan fingerprint density at radius 3 is 2.51 bits per heavy atom. The van der Waals surface area contributed by atoms with Crippen LogP contribution in [0.15, 0.2) is 77.3 Å². The summed E-state index contributed by atoms with van der Waals surface area (Å²) in [5.41, 5.74) is 3.42. The molecule has 0 spiro atoms. The third-order valence-corrected chi connectivity index (χ3v) is 6.66. The lowest BCUT2D eigenvalue weighted by Gasteiger charge is -2.17. The Balaban J connectivity index is 1.27. The van der Waals surface area contributed by atoms with Gasteiger partial charge in [0.25, 0.3) is 5.91 Å². The highest BCUT2D eigenvalue weighted by Crippen LogP contribution is 2.27. The molecule has 180 valence electrons. The van der Waals surface area contributed by atoms with Crippen molar-refractivity contribution in [2.45, 2.75) is 19.9 Å². The lowest BCUT2D eigenvalue weighted by Crippen LogP contribution is -2.32. The van der Waals surface area contributed by atoms with Gasteiger partial charge in [-0.2, -0.15) is 0 Å². The topological polar surface area (TPSA) is 87.7 Å². The van der Waals surface area contributed by atoms with Crippen molar-refractivity contribution in [1.82, 2.24) is 5.32 Å². The maximum absolute atomic E-state index is 12.6. The van der Waals surface area contributed by atoms with Crippen LogP contribution in [0, 0.1) is 12.8 Å². The van der Waals surface area contributed by atoms with E-state index in [2.05, 4.69) is 26.6 Å². The molecule has 0 saturated carbocycles. The van der Waals surface area contributed by atoms with Gasteiger partial charge in [0.05, 0.1) is 5.92 Å². The highest BCUT2D eigenvalue weighted by molar-refractivity contribution is 9.10. The van der Waals surface area contributed by atoms with E-state index in [-0.39, 0.29) is 30.7 Å². The number of hydrogen-bond acceptors (Lipinski definition) is 4. The molecule has 7 nitrogen and oxygen atoms in total. The minimum Gasteiger partial charge on any atom is -0.484 e. The minimum absolute atomic E-state index is 0.0947. The van der Waals surface area contributed by atoms with Gasteiger partial charge in [0.15, 0.2) is 6.61 Å². The highest BCUT2D eigenvalue weighted by Gasteiger charge is 2.35. The highest BCUT2D eigenvalue weighted by atomic mass is 79.9. The molecule has 1 saturated heterocycles. The number of benzene rings is 3. The average molecular weight is 536 g/mol. The van der Waals surface area contributed by atoms with Crippen molar-refractivity contribution in [1.29, 1.82) is 0 Å². The molecule has 1 aliphatic rings. The fraction of sp³-hybridized carbons (Fsp3) is 0.222. The van der Waals surface area contributed by atoms with Crippen LogP contribution in [0.4, 0.5) is 11.4 Å². The number of nitrogens with zero attached hydrogens (tertiary/aromatic N) is 1. The first-order valence-corrected chi connectivity index (χ1v) is 12.1. The number of amides is 3. The molecule has 0 aliphatic carbocycles. The van der Waals surface area contributed by atoms with Crippen LogP contribution >= 0.6 is 15.9 Å². The minimum atomic E-state index is -0.395. The summed E-state index contributed by atoms with van der Waals surface area (Å²) >= 11 is 3.43. The van der Waals surface area contributed by atoms with E-state index < -0.39 is 5.92 Å². The molecular weight excluding hydrogens is 510 g/mol. The first kappa shape index (κ1) is 24.5. The summed E-state index contributed by atoms with van der Waals surface area (Å²) in [7, 11) is 0. The van der Waals surface area contributed by atoms with Gasteiger partial charge >= 0.3 is 0 Å². The van der Waals surface area contributed by atoms with E-state index in [1.807, 2.05) is 55.5 Å². The normalized spacial score (nSPS) is 15.1. The van der Waals surface area contributed by atoms with Gasteiger partial charge in [-0.1, -0.05) is 46.3 Å². The summed E-state index contributed by atoms with van der Waals surface area (Å²) < 4.78 is 6.56. The standard InChI is InChI=1S/C27H26BrN3O4/c1-18-13-21(7-12-24(18)28)30-25(32)17-35-23-10-8-22(9-11-23)31-16-20(14-26(31)33)27(34)29-15-19-5-3-2-4-6-19/h2-13,20H,14-17H2,1H3,(H,29,34)(H,30,32)/t20-/m0/s1. The number of ether oxygens (including phenoxy) is 1. The fourth-order valence-electron chi connectivity index (χ4n) is 3.85. The third kappa shape index (κ3) is 6.48. The molecule has 1 aliphatic heterocycles. The molecule has 0 aromatic heterocycles. The van der Waals surface area contributed by atoms with Crippen LogP contribution < -0.4 is 20.3 Å². The second kappa shape index (κ2) is 11.2. The van der Waals surface area contributed by atoms with Crippen LogP contribution in [0.3, 0.4) is 0 Å². The maximum Gasteiger partial charge on any atom is 0.262 e. The second-order valence-corrected chi connectivity index (χ2v) is 9.26. The summed E-state index contributed by atoms with van der Waals surface area (Å²) in [4.78, 5) is 38.9. The first-order chi connectivity index (χ1) is 16.9. The summed E-state index contributed by atoms with van der Waals surface area (Å²) in [6.45, 7) is 2.57. The molecule has 1 fully saturated rings. The van der Waals surface area contributed by atoms with E-state index >= 15 is 0 Å². The summed E-state index contributed by atoms with van der Waals surface area (Å²) in [6.07, 6.45) is 0.175. The van der Waals surface area contributed by atoms with Crippen LogP contribution in [0.25, 0.3) is 0 Å². The zero-order chi connectivity index (χ0) is 24.8. The Morgan fingerprint density at radius 2 is 1.80 bits per heavy atom. The first-order valence-electron chi connectivity index (χ1n) is 11.3. The second-order valence-electron chi connectivity index (χ2n) is 8.40.